The summed E-state index contributed by atoms with van der Waals surface area (Å²) in [5.41, 5.74) is 0.207. The molecule has 0 saturated carbocycles. The molecule has 0 spiro atoms. The van der Waals surface area contributed by atoms with Crippen LogP contribution in [-0.2, 0) is 9.53 Å². The number of rotatable bonds is 3. The number of amides is 1. The van der Waals surface area contributed by atoms with Gasteiger partial charge < -0.3 is 9.64 Å². The largest absolute Gasteiger partial charge is 0.368 e. The van der Waals surface area contributed by atoms with Crippen molar-refractivity contribution in [2.75, 3.05) is 13.7 Å². The van der Waals surface area contributed by atoms with E-state index in [1.54, 1.807) is 12.1 Å². The molecule has 1 amide bonds. The van der Waals surface area contributed by atoms with Gasteiger partial charge >= 0.3 is 0 Å². The first kappa shape index (κ1) is 13.5. The Bertz CT molecular complexity index is 506. The molecule has 100 valence electrons. The Labute approximate surface area is 111 Å². The summed E-state index contributed by atoms with van der Waals surface area (Å²) in [7, 11) is 1.50. The smallest absolute Gasteiger partial charge is 0.252 e. The lowest BCUT2D eigenvalue weighted by Crippen LogP contribution is -2.38. The second-order valence-corrected chi connectivity index (χ2v) is 4.50. The van der Waals surface area contributed by atoms with E-state index in [0.29, 0.717) is 13.0 Å². The minimum absolute atomic E-state index is 0.207. The van der Waals surface area contributed by atoms with Crippen LogP contribution in [0.15, 0.2) is 24.3 Å². The lowest BCUT2D eigenvalue weighted by molar-refractivity contribution is -0.140. The van der Waals surface area contributed by atoms with E-state index >= 15 is 0 Å². The molecule has 0 N–H and O–H groups in total. The molecule has 0 bridgehead atoms. The van der Waals surface area contributed by atoms with Gasteiger partial charge in [0, 0.05) is 19.2 Å². The predicted octanol–water partition coefficient (Wildman–Crippen LogP) is 2.03. The van der Waals surface area contributed by atoms with Gasteiger partial charge in [0.2, 0.25) is 0 Å². The van der Waals surface area contributed by atoms with Crippen molar-refractivity contribution in [2.45, 2.75) is 25.0 Å². The van der Waals surface area contributed by atoms with Crippen molar-refractivity contribution in [3.05, 3.63) is 35.6 Å². The fraction of sp³-hybridized carbons (Fsp3) is 0.429. The second-order valence-electron chi connectivity index (χ2n) is 4.50. The van der Waals surface area contributed by atoms with Crippen molar-refractivity contribution >= 4 is 5.91 Å². The van der Waals surface area contributed by atoms with Crippen LogP contribution in [0, 0.1) is 17.1 Å². The van der Waals surface area contributed by atoms with Gasteiger partial charge in [-0.05, 0) is 18.9 Å². The molecular formula is C14H15FN2O2. The van der Waals surface area contributed by atoms with Crippen LogP contribution in [0.25, 0.3) is 0 Å². The number of carbonyl (C=O) groups is 1. The molecule has 1 aromatic carbocycles. The summed E-state index contributed by atoms with van der Waals surface area (Å²) >= 11 is 0. The summed E-state index contributed by atoms with van der Waals surface area (Å²) in [4.78, 5) is 13.4. The van der Waals surface area contributed by atoms with Crippen molar-refractivity contribution < 1.29 is 13.9 Å². The quantitative estimate of drug-likeness (QED) is 0.837. The Kier molecular flexibility index (Phi) is 4.13. The maximum atomic E-state index is 13.7. The standard InChI is InChI=1S/C14H15FN2O2/c1-17(14(18)13-7-4-8-19-13)12(9-16)10-5-2-3-6-11(10)15/h2-3,5-6,12-13H,4,7-8H2,1H3. The van der Waals surface area contributed by atoms with Crippen LogP contribution in [0.4, 0.5) is 4.39 Å². The fourth-order valence-electron chi connectivity index (χ4n) is 2.19. The van der Waals surface area contributed by atoms with Crippen LogP contribution in [0.5, 0.6) is 0 Å². The van der Waals surface area contributed by atoms with E-state index in [1.807, 2.05) is 6.07 Å². The predicted molar refractivity (Wildman–Crippen MR) is 66.5 cm³/mol. The highest BCUT2D eigenvalue weighted by Gasteiger charge is 2.31. The molecule has 0 aliphatic carbocycles. The summed E-state index contributed by atoms with van der Waals surface area (Å²) < 4.78 is 19.0. The number of hydrogen-bond donors (Lipinski definition) is 0. The summed E-state index contributed by atoms with van der Waals surface area (Å²) in [6, 6.07) is 7.04. The number of hydrogen-bond acceptors (Lipinski definition) is 3. The minimum atomic E-state index is -0.933. The van der Waals surface area contributed by atoms with Crippen molar-refractivity contribution in [3.8, 4) is 6.07 Å². The van der Waals surface area contributed by atoms with E-state index in [-0.39, 0.29) is 11.5 Å². The second kappa shape index (κ2) is 5.81. The zero-order valence-electron chi connectivity index (χ0n) is 10.7. The summed E-state index contributed by atoms with van der Waals surface area (Å²) in [6.45, 7) is 0.557. The molecule has 1 fully saturated rings. The Morgan fingerprint density at radius 3 is 2.89 bits per heavy atom. The molecule has 2 unspecified atom stereocenters. The van der Waals surface area contributed by atoms with Crippen molar-refractivity contribution in [2.24, 2.45) is 0 Å². The summed E-state index contributed by atoms with van der Waals surface area (Å²) in [5.74, 6) is -0.756. The van der Waals surface area contributed by atoms with Gasteiger partial charge in [-0.2, -0.15) is 5.26 Å². The minimum Gasteiger partial charge on any atom is -0.368 e. The van der Waals surface area contributed by atoms with Crippen LogP contribution in [0.3, 0.4) is 0 Å². The number of carbonyl (C=O) groups excluding carboxylic acids is 1. The van der Waals surface area contributed by atoms with Crippen LogP contribution in [0.1, 0.15) is 24.4 Å². The van der Waals surface area contributed by atoms with E-state index in [2.05, 4.69) is 0 Å². The van der Waals surface area contributed by atoms with Gasteiger partial charge in [-0.25, -0.2) is 4.39 Å². The van der Waals surface area contributed by atoms with E-state index < -0.39 is 18.0 Å². The molecule has 1 aliphatic rings. The fourth-order valence-corrected chi connectivity index (χ4v) is 2.19. The number of nitriles is 1. The van der Waals surface area contributed by atoms with Gasteiger partial charge in [0.25, 0.3) is 5.91 Å². The molecule has 1 aromatic rings. The molecule has 19 heavy (non-hydrogen) atoms. The summed E-state index contributed by atoms with van der Waals surface area (Å²) in [5, 5.41) is 9.21. The Morgan fingerprint density at radius 2 is 2.32 bits per heavy atom. The number of likely N-dealkylation sites (N-methyl/N-ethyl adjacent to an activating group) is 1. The number of benzene rings is 1. The molecule has 2 atom stereocenters. The average Bonchev–Trinajstić information content (AvgIpc) is 2.94. The van der Waals surface area contributed by atoms with E-state index in [9.17, 15) is 14.4 Å². The Morgan fingerprint density at radius 1 is 1.58 bits per heavy atom. The maximum Gasteiger partial charge on any atom is 0.252 e. The third-order valence-electron chi connectivity index (χ3n) is 3.26. The Hall–Kier alpha value is -1.93. The monoisotopic (exact) mass is 262 g/mol. The highest BCUT2D eigenvalue weighted by atomic mass is 19.1. The van der Waals surface area contributed by atoms with Crippen molar-refractivity contribution in [1.29, 1.82) is 5.26 Å². The van der Waals surface area contributed by atoms with E-state index in [4.69, 9.17) is 4.74 Å². The molecule has 1 saturated heterocycles. The van der Waals surface area contributed by atoms with Gasteiger partial charge in [0.1, 0.15) is 18.0 Å². The molecule has 1 aliphatic heterocycles. The molecule has 1 heterocycles. The summed E-state index contributed by atoms with van der Waals surface area (Å²) in [6.07, 6.45) is 0.979. The SMILES string of the molecule is CN(C(=O)C1CCCO1)C(C#N)c1ccccc1F. The first-order valence-electron chi connectivity index (χ1n) is 6.17. The lowest BCUT2D eigenvalue weighted by Gasteiger charge is -2.25. The van der Waals surface area contributed by atoms with Gasteiger partial charge in [-0.15, -0.1) is 0 Å². The molecule has 4 nitrogen and oxygen atoms in total. The first-order chi connectivity index (χ1) is 9.15. The number of nitrogens with zero attached hydrogens (tertiary/aromatic N) is 2. The molecule has 2 rings (SSSR count). The van der Waals surface area contributed by atoms with Crippen molar-refractivity contribution in [1.82, 2.24) is 4.90 Å². The van der Waals surface area contributed by atoms with Crippen LogP contribution < -0.4 is 0 Å². The molecule has 0 radical (unpaired) electrons. The Balaban J connectivity index is 2.20. The first-order valence-corrected chi connectivity index (χ1v) is 6.17. The third-order valence-corrected chi connectivity index (χ3v) is 3.26. The zero-order chi connectivity index (χ0) is 13.8. The van der Waals surface area contributed by atoms with Crippen molar-refractivity contribution in [3.63, 3.8) is 0 Å². The topological polar surface area (TPSA) is 53.3 Å². The zero-order valence-corrected chi connectivity index (χ0v) is 10.7. The normalized spacial score (nSPS) is 19.7. The van der Waals surface area contributed by atoms with Gasteiger partial charge in [-0.1, -0.05) is 18.2 Å². The lowest BCUT2D eigenvalue weighted by atomic mass is 10.1. The maximum absolute atomic E-state index is 13.7. The van der Waals surface area contributed by atoms with E-state index in [1.165, 1.54) is 24.1 Å². The van der Waals surface area contributed by atoms with Gasteiger partial charge in [0.15, 0.2) is 0 Å². The van der Waals surface area contributed by atoms with Gasteiger partial charge in [0.05, 0.1) is 6.07 Å². The highest BCUT2D eigenvalue weighted by molar-refractivity contribution is 5.81. The third kappa shape index (κ3) is 2.74. The number of halogens is 1. The van der Waals surface area contributed by atoms with Gasteiger partial charge in [-0.3, -0.25) is 4.79 Å². The van der Waals surface area contributed by atoms with Crippen LogP contribution >= 0.6 is 0 Å². The van der Waals surface area contributed by atoms with E-state index in [0.717, 1.165) is 6.42 Å². The molecule has 5 heteroatoms. The van der Waals surface area contributed by atoms with Crippen LogP contribution in [0.2, 0.25) is 0 Å². The average molecular weight is 262 g/mol. The highest BCUT2D eigenvalue weighted by Crippen LogP contribution is 2.24. The number of ether oxygens (including phenoxy) is 1. The molecule has 0 aromatic heterocycles. The van der Waals surface area contributed by atoms with Crippen LogP contribution in [-0.4, -0.2) is 30.6 Å². The molecular weight excluding hydrogens is 247 g/mol.